The number of nitro benzene ring substituents is 1. The summed E-state index contributed by atoms with van der Waals surface area (Å²) in [4.78, 5) is 34.5. The number of anilines is 1. The summed E-state index contributed by atoms with van der Waals surface area (Å²) in [6, 6.07) is 12.0. The molecule has 0 heterocycles. The van der Waals surface area contributed by atoms with Crippen LogP contribution in [0.5, 0.6) is 0 Å². The third kappa shape index (κ3) is 4.87. The van der Waals surface area contributed by atoms with Gasteiger partial charge in [0.1, 0.15) is 6.04 Å². The molecule has 25 heavy (non-hydrogen) atoms. The molecule has 0 spiro atoms. The second-order valence-electron chi connectivity index (χ2n) is 5.54. The maximum Gasteiger partial charge on any atom is 0.270 e. The molecule has 2 aromatic carbocycles. The maximum absolute atomic E-state index is 12.2. The van der Waals surface area contributed by atoms with Crippen molar-refractivity contribution in [3.05, 3.63) is 69.8 Å². The number of benzene rings is 2. The van der Waals surface area contributed by atoms with Gasteiger partial charge in [0.25, 0.3) is 11.6 Å². The van der Waals surface area contributed by atoms with Crippen LogP contribution in [0.4, 0.5) is 11.4 Å². The van der Waals surface area contributed by atoms with Gasteiger partial charge < -0.3 is 10.6 Å². The van der Waals surface area contributed by atoms with Gasteiger partial charge in [-0.1, -0.05) is 25.1 Å². The van der Waals surface area contributed by atoms with Crippen molar-refractivity contribution in [2.24, 2.45) is 0 Å². The molecule has 0 bridgehead atoms. The Bertz CT molecular complexity index is 787. The van der Waals surface area contributed by atoms with Crippen molar-refractivity contribution in [2.75, 3.05) is 5.32 Å². The van der Waals surface area contributed by atoms with Crippen LogP contribution in [-0.2, 0) is 11.2 Å². The highest BCUT2D eigenvalue weighted by molar-refractivity contribution is 6.01. The number of rotatable bonds is 6. The van der Waals surface area contributed by atoms with Gasteiger partial charge in [-0.05, 0) is 37.1 Å². The molecule has 7 nitrogen and oxygen atoms in total. The summed E-state index contributed by atoms with van der Waals surface area (Å²) in [7, 11) is 0. The van der Waals surface area contributed by atoms with Gasteiger partial charge in [-0.25, -0.2) is 0 Å². The zero-order valence-corrected chi connectivity index (χ0v) is 14.0. The fourth-order valence-electron chi connectivity index (χ4n) is 2.18. The zero-order chi connectivity index (χ0) is 18.4. The number of nitrogens with zero attached hydrogens (tertiary/aromatic N) is 1. The molecule has 1 atom stereocenters. The third-order valence-corrected chi connectivity index (χ3v) is 3.69. The Morgan fingerprint density at radius 1 is 1.16 bits per heavy atom. The Kier molecular flexibility index (Phi) is 5.84. The summed E-state index contributed by atoms with van der Waals surface area (Å²) in [6.45, 7) is 3.59. The normalized spacial score (nSPS) is 11.4. The quantitative estimate of drug-likeness (QED) is 0.623. The smallest absolute Gasteiger partial charge is 0.270 e. The van der Waals surface area contributed by atoms with Gasteiger partial charge in [-0.2, -0.15) is 0 Å². The van der Waals surface area contributed by atoms with Crippen LogP contribution in [0.25, 0.3) is 0 Å². The van der Waals surface area contributed by atoms with Crippen LogP contribution in [-0.4, -0.2) is 22.8 Å². The molecule has 2 N–H and O–H groups in total. The van der Waals surface area contributed by atoms with E-state index in [2.05, 4.69) is 10.6 Å². The van der Waals surface area contributed by atoms with Gasteiger partial charge in [-0.15, -0.1) is 0 Å². The van der Waals surface area contributed by atoms with E-state index in [9.17, 15) is 19.7 Å². The lowest BCUT2D eigenvalue weighted by atomic mass is 10.1. The van der Waals surface area contributed by atoms with Crippen LogP contribution in [0.2, 0.25) is 0 Å². The van der Waals surface area contributed by atoms with Crippen LogP contribution in [0.3, 0.4) is 0 Å². The van der Waals surface area contributed by atoms with E-state index < -0.39 is 16.9 Å². The van der Waals surface area contributed by atoms with Gasteiger partial charge >= 0.3 is 0 Å². The molecule has 2 aromatic rings. The van der Waals surface area contributed by atoms with Gasteiger partial charge in [-0.3, -0.25) is 19.7 Å². The van der Waals surface area contributed by atoms with Crippen molar-refractivity contribution in [1.82, 2.24) is 5.32 Å². The number of non-ortho nitro benzene ring substituents is 1. The van der Waals surface area contributed by atoms with Crippen molar-refractivity contribution in [3.63, 3.8) is 0 Å². The maximum atomic E-state index is 12.2. The van der Waals surface area contributed by atoms with Crippen LogP contribution in [0.15, 0.2) is 48.5 Å². The van der Waals surface area contributed by atoms with Crippen LogP contribution in [0, 0.1) is 10.1 Å². The lowest BCUT2D eigenvalue weighted by Gasteiger charge is -2.14. The Balaban J connectivity index is 1.98. The van der Waals surface area contributed by atoms with Gasteiger partial charge in [0.05, 0.1) is 4.92 Å². The fourth-order valence-corrected chi connectivity index (χ4v) is 2.18. The monoisotopic (exact) mass is 341 g/mol. The SMILES string of the molecule is CCc1ccc(NC(=O)[C@H](C)NC(=O)c2cccc([N+](=O)[O-])c2)cc1. The highest BCUT2D eigenvalue weighted by Crippen LogP contribution is 2.13. The first-order valence-electron chi connectivity index (χ1n) is 7.86. The molecule has 0 saturated carbocycles. The number of hydrogen-bond donors (Lipinski definition) is 2. The molecule has 0 radical (unpaired) electrons. The van der Waals surface area contributed by atoms with Crippen LogP contribution < -0.4 is 10.6 Å². The van der Waals surface area contributed by atoms with E-state index in [0.717, 1.165) is 12.0 Å². The largest absolute Gasteiger partial charge is 0.341 e. The van der Waals surface area contributed by atoms with E-state index in [1.54, 1.807) is 19.1 Å². The number of carbonyl (C=O) groups excluding carboxylic acids is 2. The number of carbonyl (C=O) groups is 2. The fraction of sp³-hybridized carbons (Fsp3) is 0.222. The van der Waals surface area contributed by atoms with E-state index in [1.807, 2.05) is 19.1 Å². The number of aryl methyl sites for hydroxylation is 1. The van der Waals surface area contributed by atoms with Gasteiger partial charge in [0, 0.05) is 23.4 Å². The molecular weight excluding hydrogens is 322 g/mol. The minimum atomic E-state index is -0.794. The highest BCUT2D eigenvalue weighted by Gasteiger charge is 2.18. The molecule has 0 unspecified atom stereocenters. The molecule has 0 aliphatic heterocycles. The summed E-state index contributed by atoms with van der Waals surface area (Å²) >= 11 is 0. The molecule has 0 aliphatic carbocycles. The van der Waals surface area contributed by atoms with E-state index in [0.29, 0.717) is 5.69 Å². The molecule has 0 fully saturated rings. The first kappa shape index (κ1) is 18.1. The standard InChI is InChI=1S/C18H19N3O4/c1-3-13-7-9-15(10-8-13)20-17(22)12(2)19-18(23)14-5-4-6-16(11-14)21(24)25/h4-12H,3H2,1-2H3,(H,19,23)(H,20,22)/t12-/m0/s1. The second kappa shape index (κ2) is 8.05. The Hall–Kier alpha value is -3.22. The summed E-state index contributed by atoms with van der Waals surface area (Å²) in [5.41, 5.74) is 1.74. The number of nitrogens with one attached hydrogen (secondary N) is 2. The minimum Gasteiger partial charge on any atom is -0.341 e. The third-order valence-electron chi connectivity index (χ3n) is 3.69. The Labute approximate surface area is 145 Å². The van der Waals surface area contributed by atoms with Crippen molar-refractivity contribution in [3.8, 4) is 0 Å². The van der Waals surface area contributed by atoms with Gasteiger partial charge in [0.2, 0.25) is 5.91 Å². The molecule has 2 rings (SSSR count). The number of amides is 2. The van der Waals surface area contributed by atoms with E-state index >= 15 is 0 Å². The second-order valence-corrected chi connectivity index (χ2v) is 5.54. The molecular formula is C18H19N3O4. The number of hydrogen-bond acceptors (Lipinski definition) is 4. The average molecular weight is 341 g/mol. The highest BCUT2D eigenvalue weighted by atomic mass is 16.6. The molecule has 130 valence electrons. The van der Waals surface area contributed by atoms with Crippen molar-refractivity contribution >= 4 is 23.2 Å². The number of nitro groups is 1. The summed E-state index contributed by atoms with van der Waals surface area (Å²) in [5, 5.41) is 16.0. The predicted octanol–water partition coefficient (Wildman–Crippen LogP) is 2.91. The topological polar surface area (TPSA) is 101 Å². The van der Waals surface area contributed by atoms with Gasteiger partial charge in [0.15, 0.2) is 0 Å². The molecule has 0 aliphatic rings. The van der Waals surface area contributed by atoms with Crippen LogP contribution in [0.1, 0.15) is 29.8 Å². The van der Waals surface area contributed by atoms with Crippen molar-refractivity contribution in [2.45, 2.75) is 26.3 Å². The lowest BCUT2D eigenvalue weighted by molar-refractivity contribution is -0.384. The van der Waals surface area contributed by atoms with E-state index in [-0.39, 0.29) is 17.2 Å². The van der Waals surface area contributed by atoms with Crippen molar-refractivity contribution in [1.29, 1.82) is 0 Å². The first-order chi connectivity index (χ1) is 11.9. The summed E-state index contributed by atoms with van der Waals surface area (Å²) < 4.78 is 0. The zero-order valence-electron chi connectivity index (χ0n) is 14.0. The molecule has 0 aromatic heterocycles. The molecule has 2 amide bonds. The Morgan fingerprint density at radius 3 is 2.44 bits per heavy atom. The van der Waals surface area contributed by atoms with E-state index in [4.69, 9.17) is 0 Å². The van der Waals surface area contributed by atoms with Crippen molar-refractivity contribution < 1.29 is 14.5 Å². The first-order valence-corrected chi connectivity index (χ1v) is 7.86. The molecule has 7 heteroatoms. The lowest BCUT2D eigenvalue weighted by Crippen LogP contribution is -2.41. The summed E-state index contributed by atoms with van der Waals surface area (Å²) in [5.74, 6) is -0.921. The Morgan fingerprint density at radius 2 is 1.84 bits per heavy atom. The minimum absolute atomic E-state index is 0.126. The van der Waals surface area contributed by atoms with Crippen LogP contribution >= 0.6 is 0 Å². The van der Waals surface area contributed by atoms with E-state index in [1.165, 1.54) is 24.3 Å². The summed E-state index contributed by atoms with van der Waals surface area (Å²) in [6.07, 6.45) is 0.907. The average Bonchev–Trinajstić information content (AvgIpc) is 2.62. The predicted molar refractivity (Wildman–Crippen MR) is 94.5 cm³/mol. The molecule has 0 saturated heterocycles.